The van der Waals surface area contributed by atoms with Gasteiger partial charge in [0.1, 0.15) is 6.04 Å². The molecule has 0 bridgehead atoms. The summed E-state index contributed by atoms with van der Waals surface area (Å²) >= 11 is 0. The number of pyridine rings is 1. The van der Waals surface area contributed by atoms with Gasteiger partial charge in [-0.1, -0.05) is 13.0 Å². The minimum absolute atomic E-state index is 0.0604. The molecule has 1 aliphatic heterocycles. The maximum absolute atomic E-state index is 11.8. The van der Waals surface area contributed by atoms with Crippen LogP contribution in [0.2, 0.25) is 0 Å². The zero-order chi connectivity index (χ0) is 13.1. The van der Waals surface area contributed by atoms with E-state index in [1.165, 1.54) is 0 Å². The summed E-state index contributed by atoms with van der Waals surface area (Å²) in [6.07, 6.45) is 2.58. The van der Waals surface area contributed by atoms with Crippen LogP contribution in [0.25, 0.3) is 0 Å². The third kappa shape index (κ3) is 2.34. The van der Waals surface area contributed by atoms with Gasteiger partial charge in [-0.2, -0.15) is 0 Å². The van der Waals surface area contributed by atoms with Crippen LogP contribution in [0, 0.1) is 0 Å². The fourth-order valence-corrected chi connectivity index (χ4v) is 2.09. The smallest absolute Gasteiger partial charge is 0.242 e. The van der Waals surface area contributed by atoms with E-state index in [4.69, 9.17) is 0 Å². The number of rotatable bonds is 3. The van der Waals surface area contributed by atoms with Crippen LogP contribution in [0.5, 0.6) is 0 Å². The van der Waals surface area contributed by atoms with Gasteiger partial charge in [-0.3, -0.25) is 14.6 Å². The van der Waals surface area contributed by atoms with Crippen LogP contribution in [-0.2, 0) is 22.6 Å². The second kappa shape index (κ2) is 5.16. The van der Waals surface area contributed by atoms with Gasteiger partial charge >= 0.3 is 0 Å². The van der Waals surface area contributed by atoms with Crippen LogP contribution in [-0.4, -0.2) is 34.3 Å². The summed E-state index contributed by atoms with van der Waals surface area (Å²) in [5.74, 6) is -0.168. The fourth-order valence-electron chi connectivity index (χ4n) is 2.09. The lowest BCUT2D eigenvalue weighted by atomic mass is 10.1. The number of aromatic nitrogens is 1. The number of hydrogen-bond acceptors (Lipinski definition) is 3. The van der Waals surface area contributed by atoms with Crippen molar-refractivity contribution in [3.8, 4) is 0 Å². The van der Waals surface area contributed by atoms with Gasteiger partial charge in [0.25, 0.3) is 0 Å². The predicted molar refractivity (Wildman–Crippen MR) is 66.6 cm³/mol. The molecule has 2 amide bonds. The van der Waals surface area contributed by atoms with Crippen LogP contribution in [0.15, 0.2) is 18.3 Å². The van der Waals surface area contributed by atoms with Crippen molar-refractivity contribution in [3.63, 3.8) is 0 Å². The molecule has 2 rings (SSSR count). The summed E-state index contributed by atoms with van der Waals surface area (Å²) in [7, 11) is 0. The molecule has 0 saturated carbocycles. The second-order valence-electron chi connectivity index (χ2n) is 4.38. The van der Waals surface area contributed by atoms with Crippen LogP contribution in [0.1, 0.15) is 25.1 Å². The van der Waals surface area contributed by atoms with Crippen molar-refractivity contribution in [1.29, 1.82) is 0 Å². The first-order valence-corrected chi connectivity index (χ1v) is 6.13. The molecule has 1 unspecified atom stereocenters. The topological polar surface area (TPSA) is 62.3 Å². The quantitative estimate of drug-likeness (QED) is 0.845. The molecule has 0 aromatic carbocycles. The minimum atomic E-state index is -0.432. The van der Waals surface area contributed by atoms with Crippen LogP contribution >= 0.6 is 0 Å². The summed E-state index contributed by atoms with van der Waals surface area (Å²) < 4.78 is 0. The Morgan fingerprint density at radius 1 is 1.50 bits per heavy atom. The van der Waals surface area contributed by atoms with Gasteiger partial charge in [0.15, 0.2) is 0 Å². The lowest BCUT2D eigenvalue weighted by Gasteiger charge is -2.32. The van der Waals surface area contributed by atoms with E-state index in [-0.39, 0.29) is 18.4 Å². The Balaban J connectivity index is 2.21. The maximum Gasteiger partial charge on any atom is 0.242 e. The average Bonchev–Trinajstić information content (AvgIpc) is 2.39. The SMILES string of the molecule is CCc1cccnc1CN1C(=O)CNC(=O)C1C. The van der Waals surface area contributed by atoms with E-state index >= 15 is 0 Å². The summed E-state index contributed by atoms with van der Waals surface area (Å²) in [5, 5.41) is 2.58. The van der Waals surface area contributed by atoms with Crippen LogP contribution in [0.4, 0.5) is 0 Å². The molecule has 0 aliphatic carbocycles. The molecule has 0 radical (unpaired) electrons. The lowest BCUT2D eigenvalue weighted by Crippen LogP contribution is -2.56. The Kier molecular flexibility index (Phi) is 3.60. The number of hydrogen-bond donors (Lipinski definition) is 1. The van der Waals surface area contributed by atoms with Crippen molar-refractivity contribution < 1.29 is 9.59 Å². The van der Waals surface area contributed by atoms with Gasteiger partial charge in [-0.25, -0.2) is 0 Å². The molecule has 1 saturated heterocycles. The molecule has 1 aliphatic rings. The molecule has 1 aromatic rings. The molecular formula is C13H17N3O2. The highest BCUT2D eigenvalue weighted by Crippen LogP contribution is 2.14. The molecule has 96 valence electrons. The van der Waals surface area contributed by atoms with E-state index in [1.54, 1.807) is 18.0 Å². The van der Waals surface area contributed by atoms with Gasteiger partial charge in [0.05, 0.1) is 18.8 Å². The summed E-state index contributed by atoms with van der Waals surface area (Å²) in [4.78, 5) is 29.3. The summed E-state index contributed by atoms with van der Waals surface area (Å²) in [6, 6.07) is 3.45. The van der Waals surface area contributed by atoms with E-state index in [9.17, 15) is 9.59 Å². The minimum Gasteiger partial charge on any atom is -0.345 e. The maximum atomic E-state index is 11.8. The lowest BCUT2D eigenvalue weighted by molar-refractivity contribution is -0.145. The number of nitrogens with zero attached hydrogens (tertiary/aromatic N) is 2. The number of piperazine rings is 1. The Morgan fingerprint density at radius 3 is 3.00 bits per heavy atom. The Bertz CT molecular complexity index is 473. The van der Waals surface area contributed by atoms with Gasteiger partial charge in [-0.05, 0) is 25.0 Å². The first-order valence-electron chi connectivity index (χ1n) is 6.13. The van der Waals surface area contributed by atoms with Crippen molar-refractivity contribution in [3.05, 3.63) is 29.6 Å². The Labute approximate surface area is 106 Å². The molecule has 1 aromatic heterocycles. The van der Waals surface area contributed by atoms with Gasteiger partial charge in [0, 0.05) is 6.20 Å². The third-order valence-electron chi connectivity index (χ3n) is 3.27. The first kappa shape index (κ1) is 12.5. The van der Waals surface area contributed by atoms with E-state index < -0.39 is 6.04 Å². The van der Waals surface area contributed by atoms with Crippen LogP contribution in [0.3, 0.4) is 0 Å². The van der Waals surface area contributed by atoms with E-state index in [0.717, 1.165) is 17.7 Å². The zero-order valence-electron chi connectivity index (χ0n) is 10.6. The third-order valence-corrected chi connectivity index (χ3v) is 3.27. The van der Waals surface area contributed by atoms with E-state index in [1.807, 2.05) is 12.1 Å². The fraction of sp³-hybridized carbons (Fsp3) is 0.462. The van der Waals surface area contributed by atoms with Gasteiger partial charge < -0.3 is 10.2 Å². The average molecular weight is 247 g/mol. The van der Waals surface area contributed by atoms with E-state index in [2.05, 4.69) is 17.2 Å². The van der Waals surface area contributed by atoms with Crippen molar-refractivity contribution in [1.82, 2.24) is 15.2 Å². The predicted octanol–water partition coefficient (Wildman–Crippen LogP) is 0.491. The molecular weight excluding hydrogens is 230 g/mol. The molecule has 18 heavy (non-hydrogen) atoms. The molecule has 0 spiro atoms. The first-order chi connectivity index (χ1) is 8.63. The number of carbonyl (C=O) groups excluding carboxylic acids is 2. The molecule has 1 atom stereocenters. The monoisotopic (exact) mass is 247 g/mol. The second-order valence-corrected chi connectivity index (χ2v) is 4.38. The number of amides is 2. The standard InChI is InChI=1S/C13H17N3O2/c1-3-10-5-4-6-14-11(10)8-16-9(2)13(18)15-7-12(16)17/h4-6,9H,3,7-8H2,1-2H3,(H,15,18). The van der Waals surface area contributed by atoms with Gasteiger partial charge in [-0.15, -0.1) is 0 Å². The number of carbonyl (C=O) groups is 2. The van der Waals surface area contributed by atoms with Crippen molar-refractivity contribution in [2.24, 2.45) is 0 Å². The van der Waals surface area contributed by atoms with E-state index in [0.29, 0.717) is 6.54 Å². The summed E-state index contributed by atoms with van der Waals surface area (Å²) in [6.45, 7) is 4.27. The normalized spacial score (nSPS) is 19.9. The van der Waals surface area contributed by atoms with Crippen molar-refractivity contribution in [2.45, 2.75) is 32.9 Å². The molecule has 5 nitrogen and oxygen atoms in total. The Morgan fingerprint density at radius 2 is 2.28 bits per heavy atom. The molecule has 2 heterocycles. The number of nitrogens with one attached hydrogen (secondary N) is 1. The zero-order valence-corrected chi connectivity index (χ0v) is 10.6. The van der Waals surface area contributed by atoms with Crippen molar-refractivity contribution >= 4 is 11.8 Å². The largest absolute Gasteiger partial charge is 0.345 e. The molecule has 1 N–H and O–H groups in total. The van der Waals surface area contributed by atoms with Crippen molar-refractivity contribution in [2.75, 3.05) is 6.54 Å². The summed E-state index contributed by atoms with van der Waals surface area (Å²) in [5.41, 5.74) is 1.98. The highest BCUT2D eigenvalue weighted by molar-refractivity contribution is 5.94. The highest BCUT2D eigenvalue weighted by Gasteiger charge is 2.31. The molecule has 5 heteroatoms. The highest BCUT2D eigenvalue weighted by atomic mass is 16.2. The molecule has 1 fully saturated rings. The van der Waals surface area contributed by atoms with Gasteiger partial charge in [0.2, 0.25) is 11.8 Å². The van der Waals surface area contributed by atoms with Crippen LogP contribution < -0.4 is 5.32 Å². The Hall–Kier alpha value is -1.91. The number of aryl methyl sites for hydroxylation is 1.